The van der Waals surface area contributed by atoms with Crippen LogP contribution in [0.1, 0.15) is 11.1 Å². The van der Waals surface area contributed by atoms with Crippen molar-refractivity contribution < 1.29 is 4.74 Å². The molecule has 16 heavy (non-hydrogen) atoms. The minimum Gasteiger partial charge on any atom is -0.456 e. The molecule has 0 saturated heterocycles. The van der Waals surface area contributed by atoms with Crippen molar-refractivity contribution >= 4 is 15.9 Å². The smallest absolute Gasteiger partial charge is 0.144 e. The van der Waals surface area contributed by atoms with E-state index in [-0.39, 0.29) is 0 Å². The molecule has 0 fully saturated rings. The highest BCUT2D eigenvalue weighted by Crippen LogP contribution is 2.31. The Kier molecular flexibility index (Phi) is 3.25. The quantitative estimate of drug-likeness (QED) is 0.819. The van der Waals surface area contributed by atoms with Gasteiger partial charge in [-0.3, -0.25) is 4.98 Å². The van der Waals surface area contributed by atoms with Gasteiger partial charge in [0, 0.05) is 18.5 Å². The lowest BCUT2D eigenvalue weighted by molar-refractivity contribution is 0.474. The van der Waals surface area contributed by atoms with Gasteiger partial charge in [0.25, 0.3) is 0 Å². The summed E-state index contributed by atoms with van der Waals surface area (Å²) in [5.41, 5.74) is 2.38. The van der Waals surface area contributed by atoms with E-state index in [1.807, 2.05) is 18.2 Å². The normalized spacial score (nSPS) is 10.2. The van der Waals surface area contributed by atoms with Crippen LogP contribution in [0.25, 0.3) is 0 Å². The first-order valence-electron chi connectivity index (χ1n) is 5.02. The average molecular weight is 278 g/mol. The number of aromatic nitrogens is 1. The number of aryl methyl sites for hydroxylation is 1. The van der Waals surface area contributed by atoms with Gasteiger partial charge in [0.05, 0.1) is 4.47 Å². The highest BCUT2D eigenvalue weighted by atomic mass is 79.9. The zero-order valence-electron chi connectivity index (χ0n) is 9.20. The van der Waals surface area contributed by atoms with Crippen molar-refractivity contribution in [1.29, 1.82) is 0 Å². The predicted molar refractivity (Wildman–Crippen MR) is 67.9 cm³/mol. The van der Waals surface area contributed by atoms with Crippen LogP contribution in [0, 0.1) is 13.8 Å². The number of ether oxygens (including phenoxy) is 1. The van der Waals surface area contributed by atoms with Gasteiger partial charge in [-0.05, 0) is 47.0 Å². The summed E-state index contributed by atoms with van der Waals surface area (Å²) in [5, 5.41) is 0. The van der Waals surface area contributed by atoms with Gasteiger partial charge >= 0.3 is 0 Å². The number of pyridine rings is 1. The van der Waals surface area contributed by atoms with E-state index in [0.29, 0.717) is 0 Å². The Morgan fingerprint density at radius 3 is 2.69 bits per heavy atom. The van der Waals surface area contributed by atoms with E-state index in [1.165, 1.54) is 5.56 Å². The second-order valence-electron chi connectivity index (χ2n) is 3.61. The number of nitrogens with zero attached hydrogens (tertiary/aromatic N) is 1. The molecule has 1 aromatic carbocycles. The highest BCUT2D eigenvalue weighted by molar-refractivity contribution is 9.10. The van der Waals surface area contributed by atoms with Crippen LogP contribution in [0.4, 0.5) is 0 Å². The lowest BCUT2D eigenvalue weighted by Gasteiger charge is -2.11. The second kappa shape index (κ2) is 4.66. The maximum atomic E-state index is 5.83. The molecular formula is C13H12BrNO. The number of hydrogen-bond acceptors (Lipinski definition) is 2. The van der Waals surface area contributed by atoms with Crippen LogP contribution >= 0.6 is 15.9 Å². The molecule has 0 N–H and O–H groups in total. The third kappa shape index (κ3) is 2.25. The SMILES string of the molecule is Cc1cccc(Oc2ccncc2Br)c1C. The minimum absolute atomic E-state index is 0.781. The van der Waals surface area contributed by atoms with Crippen LogP contribution in [0.5, 0.6) is 11.5 Å². The van der Waals surface area contributed by atoms with E-state index in [4.69, 9.17) is 4.74 Å². The summed E-state index contributed by atoms with van der Waals surface area (Å²) in [7, 11) is 0. The Hall–Kier alpha value is -1.35. The van der Waals surface area contributed by atoms with Crippen LogP contribution in [0.3, 0.4) is 0 Å². The van der Waals surface area contributed by atoms with Gasteiger partial charge in [-0.25, -0.2) is 0 Å². The van der Waals surface area contributed by atoms with Gasteiger partial charge in [0.1, 0.15) is 11.5 Å². The van der Waals surface area contributed by atoms with Gasteiger partial charge in [0.2, 0.25) is 0 Å². The first-order valence-corrected chi connectivity index (χ1v) is 5.81. The van der Waals surface area contributed by atoms with Crippen molar-refractivity contribution in [1.82, 2.24) is 4.98 Å². The second-order valence-corrected chi connectivity index (χ2v) is 4.46. The minimum atomic E-state index is 0.781. The molecule has 2 aromatic rings. The predicted octanol–water partition coefficient (Wildman–Crippen LogP) is 4.25. The lowest BCUT2D eigenvalue weighted by atomic mass is 10.1. The number of benzene rings is 1. The zero-order valence-corrected chi connectivity index (χ0v) is 10.8. The summed E-state index contributed by atoms with van der Waals surface area (Å²) in [5.74, 6) is 1.66. The lowest BCUT2D eigenvalue weighted by Crippen LogP contribution is -1.90. The van der Waals surface area contributed by atoms with Crippen molar-refractivity contribution in [3.8, 4) is 11.5 Å². The molecule has 0 aliphatic carbocycles. The molecule has 0 aliphatic heterocycles. The molecule has 0 bridgehead atoms. The highest BCUT2D eigenvalue weighted by Gasteiger charge is 2.05. The van der Waals surface area contributed by atoms with Gasteiger partial charge in [0.15, 0.2) is 0 Å². The Morgan fingerprint density at radius 1 is 1.12 bits per heavy atom. The van der Waals surface area contributed by atoms with Crippen molar-refractivity contribution in [2.75, 3.05) is 0 Å². The molecule has 1 heterocycles. The van der Waals surface area contributed by atoms with Crippen LogP contribution in [0.2, 0.25) is 0 Å². The fourth-order valence-corrected chi connectivity index (χ4v) is 1.73. The summed E-state index contributed by atoms with van der Waals surface area (Å²) in [6.45, 7) is 4.13. The number of halogens is 1. The molecule has 2 nitrogen and oxygen atoms in total. The summed E-state index contributed by atoms with van der Waals surface area (Å²) in [6.07, 6.45) is 3.44. The molecule has 0 radical (unpaired) electrons. The molecule has 1 aromatic heterocycles. The van der Waals surface area contributed by atoms with Crippen LogP contribution in [0.15, 0.2) is 41.1 Å². The summed E-state index contributed by atoms with van der Waals surface area (Å²) in [6, 6.07) is 7.87. The Labute approximate surface area is 103 Å². The number of rotatable bonds is 2. The van der Waals surface area contributed by atoms with Gasteiger partial charge in [-0.15, -0.1) is 0 Å². The zero-order chi connectivity index (χ0) is 11.5. The van der Waals surface area contributed by atoms with Gasteiger partial charge in [-0.1, -0.05) is 12.1 Å². The fourth-order valence-electron chi connectivity index (χ4n) is 1.40. The molecule has 2 rings (SSSR count). The van der Waals surface area contributed by atoms with Crippen molar-refractivity contribution in [2.24, 2.45) is 0 Å². The van der Waals surface area contributed by atoms with E-state index >= 15 is 0 Å². The largest absolute Gasteiger partial charge is 0.456 e. The van der Waals surface area contributed by atoms with Crippen molar-refractivity contribution in [3.05, 3.63) is 52.3 Å². The molecule has 0 aliphatic rings. The maximum Gasteiger partial charge on any atom is 0.144 e. The van der Waals surface area contributed by atoms with Crippen molar-refractivity contribution in [3.63, 3.8) is 0 Å². The third-order valence-corrected chi connectivity index (χ3v) is 3.11. The summed E-state index contributed by atoms with van der Waals surface area (Å²) in [4.78, 5) is 4.00. The summed E-state index contributed by atoms with van der Waals surface area (Å²) >= 11 is 3.41. The van der Waals surface area contributed by atoms with E-state index in [1.54, 1.807) is 12.4 Å². The third-order valence-electron chi connectivity index (χ3n) is 2.51. The maximum absolute atomic E-state index is 5.83. The molecule has 0 unspecified atom stereocenters. The Morgan fingerprint density at radius 2 is 1.94 bits per heavy atom. The number of hydrogen-bond donors (Lipinski definition) is 0. The molecule has 0 spiro atoms. The van der Waals surface area contributed by atoms with Gasteiger partial charge in [-0.2, -0.15) is 0 Å². The Bertz CT molecular complexity index is 511. The van der Waals surface area contributed by atoms with Crippen LogP contribution < -0.4 is 4.74 Å². The van der Waals surface area contributed by atoms with E-state index in [9.17, 15) is 0 Å². The molecule has 0 amide bonds. The van der Waals surface area contributed by atoms with Crippen LogP contribution in [-0.4, -0.2) is 4.98 Å². The molecule has 0 atom stereocenters. The molecule has 0 saturated carbocycles. The van der Waals surface area contributed by atoms with Crippen molar-refractivity contribution in [2.45, 2.75) is 13.8 Å². The molecule has 3 heteroatoms. The molecule has 82 valence electrons. The van der Waals surface area contributed by atoms with Crippen LogP contribution in [-0.2, 0) is 0 Å². The van der Waals surface area contributed by atoms with Gasteiger partial charge < -0.3 is 4.74 Å². The summed E-state index contributed by atoms with van der Waals surface area (Å²) < 4.78 is 6.69. The Balaban J connectivity index is 2.35. The first-order chi connectivity index (χ1) is 7.68. The van der Waals surface area contributed by atoms with E-state index in [0.717, 1.165) is 21.5 Å². The fraction of sp³-hybridized carbons (Fsp3) is 0.154. The van der Waals surface area contributed by atoms with E-state index < -0.39 is 0 Å². The standard InChI is InChI=1S/C13H12BrNO/c1-9-4-3-5-12(10(9)2)16-13-6-7-15-8-11(13)14/h3-8H,1-2H3. The average Bonchev–Trinajstić information content (AvgIpc) is 2.28. The first kappa shape index (κ1) is 11.1. The topological polar surface area (TPSA) is 22.1 Å². The monoisotopic (exact) mass is 277 g/mol. The molecular weight excluding hydrogens is 266 g/mol. The van der Waals surface area contributed by atoms with E-state index in [2.05, 4.69) is 40.8 Å².